The van der Waals surface area contributed by atoms with Crippen molar-refractivity contribution in [3.8, 4) is 0 Å². The van der Waals surface area contributed by atoms with E-state index in [1.165, 1.54) is 25.7 Å². The van der Waals surface area contributed by atoms with Crippen LogP contribution in [0.4, 0.5) is 0 Å². The summed E-state index contributed by atoms with van der Waals surface area (Å²) >= 11 is 0. The average Bonchev–Trinajstić information content (AvgIpc) is 2.16. The van der Waals surface area contributed by atoms with Crippen molar-refractivity contribution in [1.29, 1.82) is 0 Å². The lowest BCUT2D eigenvalue weighted by Crippen LogP contribution is -1.69. The van der Waals surface area contributed by atoms with Crippen LogP contribution in [0.1, 0.15) is 39.0 Å². The molecule has 0 heteroatoms. The molecule has 0 aliphatic carbocycles. The number of hydrogen-bond acceptors (Lipinski definition) is 0. The predicted octanol–water partition coefficient (Wildman–Crippen LogP) is 4.46. The lowest BCUT2D eigenvalue weighted by Gasteiger charge is -1.89. The Morgan fingerprint density at radius 2 is 1.62 bits per heavy atom. The fourth-order valence-corrected chi connectivity index (χ4v) is 0.990. The van der Waals surface area contributed by atoms with Crippen molar-refractivity contribution in [3.63, 3.8) is 0 Å². The molecule has 73 valence electrons. The summed E-state index contributed by atoms with van der Waals surface area (Å²) in [6.07, 6.45) is 18.6. The summed E-state index contributed by atoms with van der Waals surface area (Å²) in [7, 11) is 0. The first-order valence-corrected chi connectivity index (χ1v) is 5.19. The van der Waals surface area contributed by atoms with Crippen molar-refractivity contribution in [1.82, 2.24) is 0 Å². The molecule has 0 nitrogen and oxygen atoms in total. The van der Waals surface area contributed by atoms with Gasteiger partial charge in [-0.1, -0.05) is 56.2 Å². The Labute approximate surface area is 83.0 Å². The largest absolute Gasteiger partial charge is 0.0845 e. The second-order valence-corrected chi connectivity index (χ2v) is 3.03. The maximum absolute atomic E-state index is 3.71. The van der Waals surface area contributed by atoms with E-state index in [-0.39, 0.29) is 0 Å². The topological polar surface area (TPSA) is 0 Å². The molecule has 0 heterocycles. The zero-order valence-corrected chi connectivity index (χ0v) is 8.71. The third-order valence-electron chi connectivity index (χ3n) is 1.75. The van der Waals surface area contributed by atoms with Crippen LogP contribution in [0, 0.1) is 6.92 Å². The van der Waals surface area contributed by atoms with E-state index < -0.39 is 0 Å². The Hall–Kier alpha value is -0.780. The third-order valence-corrected chi connectivity index (χ3v) is 1.75. The average molecular weight is 177 g/mol. The molecule has 0 amide bonds. The summed E-state index contributed by atoms with van der Waals surface area (Å²) in [6.45, 7) is 5.94. The molecule has 0 N–H and O–H groups in total. The zero-order chi connectivity index (χ0) is 9.78. The van der Waals surface area contributed by atoms with Crippen molar-refractivity contribution in [3.05, 3.63) is 43.4 Å². The molecule has 0 aromatic carbocycles. The van der Waals surface area contributed by atoms with Gasteiger partial charge in [0.25, 0.3) is 0 Å². The summed E-state index contributed by atoms with van der Waals surface area (Å²) in [5, 5.41) is 0. The van der Waals surface area contributed by atoms with E-state index in [4.69, 9.17) is 0 Å². The minimum absolute atomic E-state index is 0.866. The Kier molecular flexibility index (Phi) is 10.5. The van der Waals surface area contributed by atoms with E-state index in [9.17, 15) is 0 Å². The highest BCUT2D eigenvalue weighted by Crippen LogP contribution is 1.99. The van der Waals surface area contributed by atoms with Gasteiger partial charge >= 0.3 is 0 Å². The van der Waals surface area contributed by atoms with Gasteiger partial charge in [0.15, 0.2) is 0 Å². The summed E-state index contributed by atoms with van der Waals surface area (Å²) in [4.78, 5) is 0. The maximum Gasteiger partial charge on any atom is -0.0347 e. The van der Waals surface area contributed by atoms with Crippen LogP contribution in [0.2, 0.25) is 0 Å². The van der Waals surface area contributed by atoms with Gasteiger partial charge in [-0.15, -0.1) is 0 Å². The summed E-state index contributed by atoms with van der Waals surface area (Å²) < 4.78 is 0. The highest BCUT2D eigenvalue weighted by atomic mass is 13.9. The second-order valence-electron chi connectivity index (χ2n) is 3.03. The molecule has 0 atom stereocenters. The van der Waals surface area contributed by atoms with E-state index in [0.717, 1.165) is 6.42 Å². The van der Waals surface area contributed by atoms with Crippen molar-refractivity contribution >= 4 is 0 Å². The SMILES string of the molecule is [CH2]C/C=C/C=C/C=C/CCCCC. The molecule has 0 rings (SSSR count). The Balaban J connectivity index is 3.29. The molecule has 0 saturated carbocycles. The number of hydrogen-bond donors (Lipinski definition) is 0. The van der Waals surface area contributed by atoms with Crippen molar-refractivity contribution in [2.24, 2.45) is 0 Å². The molecule has 0 aromatic heterocycles. The molecule has 0 bridgehead atoms. The summed E-state index contributed by atoms with van der Waals surface area (Å²) in [5.41, 5.74) is 0. The van der Waals surface area contributed by atoms with Gasteiger partial charge in [0.05, 0.1) is 0 Å². The van der Waals surface area contributed by atoms with Crippen LogP contribution >= 0.6 is 0 Å². The van der Waals surface area contributed by atoms with Gasteiger partial charge in [-0.05, 0) is 26.2 Å². The molecule has 0 aliphatic heterocycles. The van der Waals surface area contributed by atoms with E-state index in [1.54, 1.807) is 0 Å². The van der Waals surface area contributed by atoms with Gasteiger partial charge in [-0.25, -0.2) is 0 Å². The molecule has 0 aliphatic rings. The minimum Gasteiger partial charge on any atom is -0.0845 e. The highest BCUT2D eigenvalue weighted by Gasteiger charge is 1.79. The van der Waals surface area contributed by atoms with Crippen molar-refractivity contribution < 1.29 is 0 Å². The van der Waals surface area contributed by atoms with Crippen LogP contribution in [0.5, 0.6) is 0 Å². The number of allylic oxidation sites excluding steroid dienone is 6. The Bertz CT molecular complexity index is 161. The van der Waals surface area contributed by atoms with Gasteiger partial charge in [-0.3, -0.25) is 0 Å². The van der Waals surface area contributed by atoms with E-state index in [1.807, 2.05) is 18.2 Å². The smallest absolute Gasteiger partial charge is 0.0347 e. The van der Waals surface area contributed by atoms with E-state index >= 15 is 0 Å². The predicted molar refractivity (Wildman–Crippen MR) is 61.5 cm³/mol. The van der Waals surface area contributed by atoms with Crippen LogP contribution in [0.3, 0.4) is 0 Å². The molecular formula is C13H21. The van der Waals surface area contributed by atoms with Gasteiger partial charge in [0.1, 0.15) is 0 Å². The molecule has 0 spiro atoms. The van der Waals surface area contributed by atoms with Crippen molar-refractivity contribution in [2.45, 2.75) is 39.0 Å². The standard InChI is InChI=1S/C13H21/c1-3-5-7-9-11-13-12-10-8-6-4-2/h5,7,9,11-13H,1,3-4,6,8,10H2,2H3/b7-5+,11-9+,13-12+. The van der Waals surface area contributed by atoms with Crippen LogP contribution in [0.25, 0.3) is 0 Å². The van der Waals surface area contributed by atoms with Crippen molar-refractivity contribution in [2.75, 3.05) is 0 Å². The maximum atomic E-state index is 3.71. The Morgan fingerprint density at radius 1 is 0.923 bits per heavy atom. The van der Waals surface area contributed by atoms with E-state index in [2.05, 4.69) is 32.1 Å². The minimum atomic E-state index is 0.866. The molecule has 0 aromatic rings. The molecule has 0 fully saturated rings. The fourth-order valence-electron chi connectivity index (χ4n) is 0.990. The lowest BCUT2D eigenvalue weighted by atomic mass is 10.2. The van der Waals surface area contributed by atoms with E-state index in [0.29, 0.717) is 0 Å². The van der Waals surface area contributed by atoms with Gasteiger partial charge in [-0.2, -0.15) is 0 Å². The Morgan fingerprint density at radius 3 is 2.23 bits per heavy atom. The quantitative estimate of drug-likeness (QED) is 0.398. The van der Waals surface area contributed by atoms with Crippen LogP contribution in [-0.4, -0.2) is 0 Å². The highest BCUT2D eigenvalue weighted by molar-refractivity contribution is 5.10. The molecule has 0 unspecified atom stereocenters. The monoisotopic (exact) mass is 177 g/mol. The molecule has 1 radical (unpaired) electrons. The third kappa shape index (κ3) is 11.2. The van der Waals surface area contributed by atoms with Crippen LogP contribution in [0.15, 0.2) is 36.5 Å². The second kappa shape index (κ2) is 11.2. The normalized spacial score (nSPS) is 12.5. The first-order chi connectivity index (χ1) is 6.41. The number of rotatable bonds is 7. The van der Waals surface area contributed by atoms with Crippen LogP contribution < -0.4 is 0 Å². The lowest BCUT2D eigenvalue weighted by molar-refractivity contribution is 0.729. The fraction of sp³-hybridized carbons (Fsp3) is 0.462. The first kappa shape index (κ1) is 12.2. The van der Waals surface area contributed by atoms with Gasteiger partial charge in [0.2, 0.25) is 0 Å². The van der Waals surface area contributed by atoms with Gasteiger partial charge in [0, 0.05) is 0 Å². The van der Waals surface area contributed by atoms with Gasteiger partial charge < -0.3 is 0 Å². The summed E-state index contributed by atoms with van der Waals surface area (Å²) in [6, 6.07) is 0. The van der Waals surface area contributed by atoms with Crippen LogP contribution in [-0.2, 0) is 0 Å². The molecular weight excluding hydrogens is 156 g/mol. The first-order valence-electron chi connectivity index (χ1n) is 5.19. The summed E-state index contributed by atoms with van der Waals surface area (Å²) in [5.74, 6) is 0. The number of unbranched alkanes of at least 4 members (excludes halogenated alkanes) is 3. The zero-order valence-electron chi connectivity index (χ0n) is 8.71. The molecule has 13 heavy (non-hydrogen) atoms. The molecule has 0 saturated heterocycles.